The largest absolute Gasteiger partial charge is 0.476 e. The van der Waals surface area contributed by atoms with Crippen LogP contribution in [0.3, 0.4) is 0 Å². The lowest BCUT2D eigenvalue weighted by atomic mass is 10.1. The molecule has 2 N–H and O–H groups in total. The van der Waals surface area contributed by atoms with Gasteiger partial charge in [0, 0.05) is 6.04 Å². The van der Waals surface area contributed by atoms with Crippen LogP contribution in [0.1, 0.15) is 29.8 Å². The molecule has 30 heavy (non-hydrogen) atoms. The number of nitrogens with one attached hydrogen (secondary N) is 2. The molecule has 3 rings (SSSR count). The molecule has 0 fully saturated rings. The molecule has 0 saturated carbocycles. The molecule has 2 amide bonds. The number of hydrogen-bond donors (Lipinski definition) is 2. The number of anilines is 2. The molecule has 0 bridgehead atoms. The van der Waals surface area contributed by atoms with Gasteiger partial charge in [-0.15, -0.1) is 0 Å². The van der Waals surface area contributed by atoms with Crippen molar-refractivity contribution < 1.29 is 22.7 Å². The molecule has 2 aromatic carbocycles. The molecular formula is C21H25N3O5S. The van der Waals surface area contributed by atoms with Crippen LogP contribution >= 0.6 is 0 Å². The Morgan fingerprint density at radius 2 is 1.87 bits per heavy atom. The maximum atomic E-state index is 12.9. The molecule has 160 valence electrons. The Balaban J connectivity index is 1.87. The molecule has 0 unspecified atom stereocenters. The van der Waals surface area contributed by atoms with E-state index in [2.05, 4.69) is 10.6 Å². The van der Waals surface area contributed by atoms with Crippen LogP contribution in [0.5, 0.6) is 5.75 Å². The third-order valence-corrected chi connectivity index (χ3v) is 5.67. The molecule has 0 radical (unpaired) electrons. The fourth-order valence-electron chi connectivity index (χ4n) is 3.16. The van der Waals surface area contributed by atoms with Gasteiger partial charge < -0.3 is 15.4 Å². The van der Waals surface area contributed by atoms with E-state index in [1.165, 1.54) is 4.31 Å². The Morgan fingerprint density at radius 3 is 2.53 bits per heavy atom. The van der Waals surface area contributed by atoms with Gasteiger partial charge in [0.2, 0.25) is 10.0 Å². The first kappa shape index (κ1) is 21.6. The molecule has 1 atom stereocenters. The van der Waals surface area contributed by atoms with E-state index >= 15 is 0 Å². The lowest BCUT2D eigenvalue weighted by Gasteiger charge is -2.34. The second-order valence-electron chi connectivity index (χ2n) is 7.53. The molecular weight excluding hydrogens is 406 g/mol. The number of benzene rings is 2. The molecule has 0 aliphatic carbocycles. The number of hydrogen-bond acceptors (Lipinski definition) is 5. The van der Waals surface area contributed by atoms with Crippen molar-refractivity contribution in [2.24, 2.45) is 0 Å². The van der Waals surface area contributed by atoms with Gasteiger partial charge in [0.25, 0.3) is 11.8 Å². The molecule has 1 aliphatic heterocycles. The number of para-hydroxylation sites is 1. The van der Waals surface area contributed by atoms with E-state index in [4.69, 9.17) is 4.74 Å². The fraction of sp³-hybridized carbons (Fsp3) is 0.333. The van der Waals surface area contributed by atoms with Gasteiger partial charge in [0.1, 0.15) is 5.75 Å². The Labute approximate surface area is 176 Å². The second-order valence-corrected chi connectivity index (χ2v) is 9.44. The normalized spacial score (nSPS) is 15.9. The molecule has 8 nitrogen and oxygen atoms in total. The van der Waals surface area contributed by atoms with Gasteiger partial charge in [-0.3, -0.25) is 13.9 Å². The molecule has 0 spiro atoms. The quantitative estimate of drug-likeness (QED) is 0.756. The van der Waals surface area contributed by atoms with Crippen LogP contribution in [-0.2, 0) is 14.8 Å². The van der Waals surface area contributed by atoms with Crippen LogP contribution in [0.2, 0.25) is 0 Å². The molecule has 1 aliphatic rings. The first-order chi connectivity index (χ1) is 14.1. The lowest BCUT2D eigenvalue weighted by Crippen LogP contribution is -2.48. The summed E-state index contributed by atoms with van der Waals surface area (Å²) >= 11 is 0. The number of carbonyl (C=O) groups is 2. The molecule has 0 aromatic heterocycles. The monoisotopic (exact) mass is 431 g/mol. The zero-order chi connectivity index (χ0) is 22.1. The summed E-state index contributed by atoms with van der Waals surface area (Å²) in [5.74, 6) is -0.549. The Bertz CT molecular complexity index is 1080. The minimum Gasteiger partial charge on any atom is -0.476 e. The Hall–Kier alpha value is -3.07. The predicted octanol–water partition coefficient (Wildman–Crippen LogP) is 2.30. The zero-order valence-corrected chi connectivity index (χ0v) is 18.1. The first-order valence-corrected chi connectivity index (χ1v) is 11.4. The second kappa shape index (κ2) is 8.35. The van der Waals surface area contributed by atoms with E-state index < -0.39 is 22.0 Å². The number of rotatable bonds is 5. The van der Waals surface area contributed by atoms with Crippen molar-refractivity contribution in [2.75, 3.05) is 22.4 Å². The number of nitrogens with zero attached hydrogens (tertiary/aromatic N) is 1. The van der Waals surface area contributed by atoms with Gasteiger partial charge in [-0.2, -0.15) is 0 Å². The van der Waals surface area contributed by atoms with Crippen LogP contribution < -0.4 is 19.7 Å². The lowest BCUT2D eigenvalue weighted by molar-refractivity contribution is -0.122. The van der Waals surface area contributed by atoms with Gasteiger partial charge in [-0.25, -0.2) is 8.42 Å². The molecule has 0 saturated heterocycles. The standard InChI is InChI=1S/C21H25N3O5S/c1-13(2)22-20(25)15-7-5-6-8-16(15)23-21(26)19-12-24(30(4,27)28)17-11-14(3)9-10-18(17)29-19/h5-11,13,19H,12H2,1-4H3,(H,22,25)(H,23,26)/t19-/m0/s1. The van der Waals surface area contributed by atoms with E-state index in [-0.39, 0.29) is 18.5 Å². The van der Waals surface area contributed by atoms with Crippen LogP contribution in [0.15, 0.2) is 42.5 Å². The van der Waals surface area contributed by atoms with Crippen molar-refractivity contribution in [1.29, 1.82) is 0 Å². The highest BCUT2D eigenvalue weighted by Gasteiger charge is 2.35. The van der Waals surface area contributed by atoms with E-state index in [9.17, 15) is 18.0 Å². The van der Waals surface area contributed by atoms with Crippen molar-refractivity contribution in [1.82, 2.24) is 5.32 Å². The third-order valence-electron chi connectivity index (χ3n) is 4.53. The highest BCUT2D eigenvalue weighted by Crippen LogP contribution is 2.36. The number of amides is 2. The summed E-state index contributed by atoms with van der Waals surface area (Å²) in [7, 11) is -3.62. The van der Waals surface area contributed by atoms with Crippen molar-refractivity contribution in [3.8, 4) is 5.75 Å². The van der Waals surface area contributed by atoms with Gasteiger partial charge in [-0.05, 0) is 50.6 Å². The van der Waals surface area contributed by atoms with Crippen LogP contribution in [-0.4, -0.2) is 45.2 Å². The van der Waals surface area contributed by atoms with E-state index in [0.717, 1.165) is 11.8 Å². The summed E-state index contributed by atoms with van der Waals surface area (Å²) in [6.07, 6.45) is 0.0152. The average molecular weight is 432 g/mol. The number of aryl methyl sites for hydroxylation is 1. The van der Waals surface area contributed by atoms with Crippen molar-refractivity contribution in [3.63, 3.8) is 0 Å². The molecule has 1 heterocycles. The summed E-state index contributed by atoms with van der Waals surface area (Å²) in [5, 5.41) is 5.49. The maximum absolute atomic E-state index is 12.9. The summed E-state index contributed by atoms with van der Waals surface area (Å²) in [5.41, 5.74) is 1.91. The summed E-state index contributed by atoms with van der Waals surface area (Å²) < 4.78 is 31.6. The highest BCUT2D eigenvalue weighted by molar-refractivity contribution is 7.92. The minimum atomic E-state index is -3.62. The van der Waals surface area contributed by atoms with Gasteiger partial charge in [0.15, 0.2) is 6.10 Å². The first-order valence-electron chi connectivity index (χ1n) is 9.52. The van der Waals surface area contributed by atoms with E-state index in [1.54, 1.807) is 42.5 Å². The van der Waals surface area contributed by atoms with Crippen LogP contribution in [0.4, 0.5) is 11.4 Å². The Morgan fingerprint density at radius 1 is 1.17 bits per heavy atom. The van der Waals surface area contributed by atoms with Crippen molar-refractivity contribution in [2.45, 2.75) is 32.9 Å². The minimum absolute atomic E-state index is 0.0637. The van der Waals surface area contributed by atoms with E-state index in [1.807, 2.05) is 20.8 Å². The predicted molar refractivity (Wildman–Crippen MR) is 115 cm³/mol. The molecule has 2 aromatic rings. The molecule has 9 heteroatoms. The van der Waals surface area contributed by atoms with Gasteiger partial charge in [-0.1, -0.05) is 18.2 Å². The van der Waals surface area contributed by atoms with Crippen molar-refractivity contribution in [3.05, 3.63) is 53.6 Å². The summed E-state index contributed by atoms with van der Waals surface area (Å²) in [6.45, 7) is 5.36. The number of carbonyl (C=O) groups excluding carboxylic acids is 2. The van der Waals surface area contributed by atoms with Crippen LogP contribution in [0.25, 0.3) is 0 Å². The zero-order valence-electron chi connectivity index (χ0n) is 17.3. The van der Waals surface area contributed by atoms with Gasteiger partial charge in [0.05, 0.1) is 29.7 Å². The fourth-order valence-corrected chi connectivity index (χ4v) is 4.06. The SMILES string of the molecule is Cc1ccc2c(c1)N(S(C)(=O)=O)C[C@@H](C(=O)Nc1ccccc1C(=O)NC(C)C)O2. The van der Waals surface area contributed by atoms with E-state index in [0.29, 0.717) is 22.7 Å². The number of fused-ring (bicyclic) bond motifs is 1. The third kappa shape index (κ3) is 4.73. The number of sulfonamides is 1. The highest BCUT2D eigenvalue weighted by atomic mass is 32.2. The average Bonchev–Trinajstić information content (AvgIpc) is 2.66. The summed E-state index contributed by atoms with van der Waals surface area (Å²) in [4.78, 5) is 25.4. The Kier molecular flexibility index (Phi) is 6.02. The summed E-state index contributed by atoms with van der Waals surface area (Å²) in [6, 6.07) is 11.7. The topological polar surface area (TPSA) is 105 Å². The van der Waals surface area contributed by atoms with Crippen LogP contribution in [0, 0.1) is 6.92 Å². The van der Waals surface area contributed by atoms with Crippen molar-refractivity contribution >= 4 is 33.2 Å². The van der Waals surface area contributed by atoms with Gasteiger partial charge >= 0.3 is 0 Å². The smallest absolute Gasteiger partial charge is 0.267 e. The number of ether oxygens (including phenoxy) is 1. The maximum Gasteiger partial charge on any atom is 0.267 e.